The van der Waals surface area contributed by atoms with Crippen LogP contribution >= 0.6 is 34.8 Å². The Morgan fingerprint density at radius 1 is 0.962 bits per heavy atom. The van der Waals surface area contributed by atoms with Crippen LogP contribution in [0.1, 0.15) is 16.1 Å². The molecule has 7 heteroatoms. The van der Waals surface area contributed by atoms with Crippen LogP contribution in [0.5, 0.6) is 5.75 Å². The highest BCUT2D eigenvalue weighted by atomic mass is 35.5. The molecule has 2 aromatic carbocycles. The van der Waals surface area contributed by atoms with Crippen LogP contribution in [0, 0.1) is 0 Å². The molecule has 1 aromatic heterocycles. The highest BCUT2D eigenvalue weighted by molar-refractivity contribution is 6.46. The summed E-state index contributed by atoms with van der Waals surface area (Å²) in [6.45, 7) is 0.121. The minimum absolute atomic E-state index is 0.0499. The highest BCUT2D eigenvalue weighted by Crippen LogP contribution is 2.35. The maximum Gasteiger partial charge on any atom is 0.261 e. The van der Waals surface area contributed by atoms with Crippen molar-refractivity contribution in [2.45, 2.75) is 6.54 Å². The zero-order valence-corrected chi connectivity index (χ0v) is 15.6. The summed E-state index contributed by atoms with van der Waals surface area (Å²) in [4.78, 5) is 18.9. The predicted molar refractivity (Wildman–Crippen MR) is 104 cm³/mol. The normalized spacial score (nSPS) is 10.6. The Labute approximate surface area is 165 Å². The van der Waals surface area contributed by atoms with Crippen LogP contribution in [0.2, 0.25) is 15.1 Å². The molecular formula is C19H13Cl3N2O2. The molecule has 0 aliphatic rings. The molecule has 132 valence electrons. The maximum absolute atomic E-state index is 13.3. The van der Waals surface area contributed by atoms with E-state index in [9.17, 15) is 9.90 Å². The van der Waals surface area contributed by atoms with Crippen molar-refractivity contribution in [2.75, 3.05) is 4.90 Å². The molecule has 1 N–H and O–H groups in total. The Morgan fingerprint density at radius 2 is 1.65 bits per heavy atom. The van der Waals surface area contributed by atoms with Crippen molar-refractivity contribution in [3.8, 4) is 5.75 Å². The molecule has 0 radical (unpaired) electrons. The number of para-hydroxylation sites is 2. The van der Waals surface area contributed by atoms with Crippen LogP contribution in [0.25, 0.3) is 0 Å². The SMILES string of the molecule is O=C(c1c(Cl)ccc(Cl)c1Cl)N(Cc1ccccn1)c1ccccc1O. The van der Waals surface area contributed by atoms with Gasteiger partial charge >= 0.3 is 0 Å². The maximum atomic E-state index is 13.3. The molecular weight excluding hydrogens is 395 g/mol. The van der Waals surface area contributed by atoms with Gasteiger partial charge in [-0.2, -0.15) is 0 Å². The van der Waals surface area contributed by atoms with Gasteiger partial charge in [0.2, 0.25) is 0 Å². The molecule has 1 amide bonds. The van der Waals surface area contributed by atoms with Crippen molar-refractivity contribution in [3.05, 3.63) is 87.1 Å². The lowest BCUT2D eigenvalue weighted by Crippen LogP contribution is -2.31. The summed E-state index contributed by atoms with van der Waals surface area (Å²) in [5.74, 6) is -0.541. The third-order valence-corrected chi connectivity index (χ3v) is 4.84. The van der Waals surface area contributed by atoms with E-state index in [0.717, 1.165) is 0 Å². The first-order valence-electron chi connectivity index (χ1n) is 7.62. The Morgan fingerprint density at radius 3 is 2.35 bits per heavy atom. The van der Waals surface area contributed by atoms with Gasteiger partial charge < -0.3 is 5.11 Å². The number of pyridine rings is 1. The Balaban J connectivity index is 2.11. The lowest BCUT2D eigenvalue weighted by Gasteiger charge is -2.24. The summed E-state index contributed by atoms with van der Waals surface area (Å²) in [7, 11) is 0. The van der Waals surface area contributed by atoms with E-state index in [1.54, 1.807) is 36.5 Å². The van der Waals surface area contributed by atoms with E-state index in [1.165, 1.54) is 23.1 Å². The second-order valence-corrected chi connectivity index (χ2v) is 6.61. The number of carbonyl (C=O) groups is 1. The molecule has 0 aliphatic carbocycles. The van der Waals surface area contributed by atoms with E-state index in [-0.39, 0.29) is 32.9 Å². The van der Waals surface area contributed by atoms with Crippen molar-refractivity contribution >= 4 is 46.4 Å². The summed E-state index contributed by atoms with van der Waals surface area (Å²) < 4.78 is 0. The average Bonchev–Trinajstić information content (AvgIpc) is 2.64. The van der Waals surface area contributed by atoms with Crippen molar-refractivity contribution in [1.29, 1.82) is 0 Å². The summed E-state index contributed by atoms with van der Waals surface area (Å²) in [5.41, 5.74) is 1.02. The largest absolute Gasteiger partial charge is 0.506 e. The molecule has 0 fully saturated rings. The van der Waals surface area contributed by atoms with Crippen molar-refractivity contribution in [2.24, 2.45) is 0 Å². The molecule has 0 spiro atoms. The number of amides is 1. The minimum atomic E-state index is -0.491. The number of aromatic nitrogens is 1. The molecule has 3 aromatic rings. The van der Waals surface area contributed by atoms with Crippen LogP contribution in [-0.2, 0) is 6.54 Å². The van der Waals surface area contributed by atoms with Crippen LogP contribution in [-0.4, -0.2) is 16.0 Å². The van der Waals surface area contributed by atoms with Gasteiger partial charge in [-0.3, -0.25) is 14.7 Å². The van der Waals surface area contributed by atoms with E-state index in [4.69, 9.17) is 34.8 Å². The van der Waals surface area contributed by atoms with Gasteiger partial charge in [-0.05, 0) is 36.4 Å². The van der Waals surface area contributed by atoms with Gasteiger partial charge in [0.05, 0.1) is 38.6 Å². The number of benzene rings is 2. The Hall–Kier alpha value is -2.27. The number of rotatable bonds is 4. The number of anilines is 1. The molecule has 0 saturated heterocycles. The number of phenolic OH excluding ortho intramolecular Hbond substituents is 1. The van der Waals surface area contributed by atoms with E-state index in [0.29, 0.717) is 11.4 Å². The average molecular weight is 408 g/mol. The van der Waals surface area contributed by atoms with E-state index in [2.05, 4.69) is 4.98 Å². The van der Waals surface area contributed by atoms with Gasteiger partial charge in [-0.1, -0.05) is 53.0 Å². The quantitative estimate of drug-likeness (QED) is 0.573. The first-order valence-corrected chi connectivity index (χ1v) is 8.75. The minimum Gasteiger partial charge on any atom is -0.506 e. The van der Waals surface area contributed by atoms with Crippen LogP contribution in [0.3, 0.4) is 0 Å². The van der Waals surface area contributed by atoms with Crippen molar-refractivity contribution in [1.82, 2.24) is 4.98 Å². The Bertz CT molecular complexity index is 949. The van der Waals surface area contributed by atoms with Crippen LogP contribution < -0.4 is 4.90 Å². The monoisotopic (exact) mass is 406 g/mol. The molecule has 26 heavy (non-hydrogen) atoms. The zero-order valence-electron chi connectivity index (χ0n) is 13.4. The number of halogens is 3. The number of nitrogens with zero attached hydrogens (tertiary/aromatic N) is 2. The van der Waals surface area contributed by atoms with Gasteiger partial charge in [-0.15, -0.1) is 0 Å². The van der Waals surface area contributed by atoms with E-state index >= 15 is 0 Å². The van der Waals surface area contributed by atoms with Crippen LogP contribution in [0.4, 0.5) is 5.69 Å². The lowest BCUT2D eigenvalue weighted by atomic mass is 10.1. The van der Waals surface area contributed by atoms with Crippen molar-refractivity contribution < 1.29 is 9.90 Å². The van der Waals surface area contributed by atoms with Crippen molar-refractivity contribution in [3.63, 3.8) is 0 Å². The van der Waals surface area contributed by atoms with Crippen LogP contribution in [0.15, 0.2) is 60.8 Å². The van der Waals surface area contributed by atoms with E-state index < -0.39 is 5.91 Å². The number of carbonyl (C=O) groups excluding carboxylic acids is 1. The third kappa shape index (κ3) is 3.78. The molecule has 0 unspecified atom stereocenters. The smallest absolute Gasteiger partial charge is 0.261 e. The molecule has 0 bridgehead atoms. The summed E-state index contributed by atoms with van der Waals surface area (Å²) in [6.07, 6.45) is 1.63. The molecule has 3 rings (SSSR count). The molecule has 0 aliphatic heterocycles. The molecule has 0 saturated carbocycles. The van der Waals surface area contributed by atoms with Gasteiger partial charge in [0.15, 0.2) is 0 Å². The summed E-state index contributed by atoms with van der Waals surface area (Å²) in [5, 5.41) is 10.7. The number of hydrogen-bond donors (Lipinski definition) is 1. The van der Waals surface area contributed by atoms with Gasteiger partial charge in [-0.25, -0.2) is 0 Å². The topological polar surface area (TPSA) is 53.4 Å². The predicted octanol–water partition coefficient (Wildman–Crippen LogP) is 5.59. The van der Waals surface area contributed by atoms with Gasteiger partial charge in [0.1, 0.15) is 5.75 Å². The second-order valence-electron chi connectivity index (χ2n) is 5.42. The Kier molecular flexibility index (Phi) is 5.67. The highest BCUT2D eigenvalue weighted by Gasteiger charge is 2.26. The second kappa shape index (κ2) is 7.96. The molecule has 0 atom stereocenters. The fourth-order valence-corrected chi connectivity index (χ4v) is 3.16. The molecule has 1 heterocycles. The third-order valence-electron chi connectivity index (χ3n) is 3.72. The van der Waals surface area contributed by atoms with Gasteiger partial charge in [0.25, 0.3) is 5.91 Å². The number of hydrogen-bond acceptors (Lipinski definition) is 3. The fourth-order valence-electron chi connectivity index (χ4n) is 2.47. The first kappa shape index (κ1) is 18.5. The van der Waals surface area contributed by atoms with E-state index in [1.807, 2.05) is 6.07 Å². The van der Waals surface area contributed by atoms with Gasteiger partial charge in [0, 0.05) is 6.20 Å². The zero-order chi connectivity index (χ0) is 18.7. The lowest BCUT2D eigenvalue weighted by molar-refractivity contribution is 0.0984. The standard InChI is InChI=1S/C19H13Cl3N2O2/c20-13-8-9-14(21)18(22)17(13)19(26)24(11-12-5-3-4-10-23-12)15-6-1-2-7-16(15)25/h1-10,25H,11H2. The first-order chi connectivity index (χ1) is 12.5. The number of aromatic hydroxyl groups is 1. The summed E-state index contributed by atoms with van der Waals surface area (Å²) in [6, 6.07) is 14.9. The number of phenols is 1. The fraction of sp³-hybridized carbons (Fsp3) is 0.0526. The summed E-state index contributed by atoms with van der Waals surface area (Å²) >= 11 is 18.5. The molecule has 4 nitrogen and oxygen atoms in total.